The minimum Gasteiger partial charge on any atom is -0.267 e. The summed E-state index contributed by atoms with van der Waals surface area (Å²) in [6.45, 7) is 0. The molecule has 12 heteroatoms. The van der Waals surface area contributed by atoms with Crippen molar-refractivity contribution in [1.82, 2.24) is 0 Å². The molecule has 0 saturated carbocycles. The Balaban J connectivity index is 1.94. The maximum absolute atomic E-state index is 10.5. The van der Waals surface area contributed by atoms with Crippen molar-refractivity contribution < 1.29 is 25.9 Å². The molecule has 0 spiro atoms. The van der Waals surface area contributed by atoms with Gasteiger partial charge in [-0.3, -0.25) is 9.11 Å². The van der Waals surface area contributed by atoms with Crippen LogP contribution in [0.1, 0.15) is 11.1 Å². The smallest absolute Gasteiger partial charge is 0.267 e. The number of benzene rings is 2. The van der Waals surface area contributed by atoms with Gasteiger partial charge in [-0.05, 0) is 57.3 Å². The Morgan fingerprint density at radius 1 is 0.615 bits per heavy atom. The molecule has 26 heavy (non-hydrogen) atoms. The van der Waals surface area contributed by atoms with Crippen LogP contribution in [0.25, 0.3) is 0 Å². The predicted molar refractivity (Wildman–Crippen MR) is 92.4 cm³/mol. The van der Waals surface area contributed by atoms with E-state index in [-0.39, 0.29) is 0 Å². The van der Waals surface area contributed by atoms with Gasteiger partial charge in [0.2, 0.25) is 0 Å². The van der Waals surface area contributed by atoms with Crippen LogP contribution in [0.15, 0.2) is 67.8 Å². The van der Waals surface area contributed by atoms with Crippen molar-refractivity contribution >= 4 is 32.0 Å². The van der Waals surface area contributed by atoms with Crippen LogP contribution in [-0.2, 0) is 33.4 Å². The first-order valence-corrected chi connectivity index (χ1v) is 9.89. The Labute approximate surface area is 150 Å². The van der Waals surface area contributed by atoms with Gasteiger partial charge in [-0.15, -0.1) is 10.2 Å². The van der Waals surface area contributed by atoms with E-state index in [0.29, 0.717) is 24.2 Å². The molecule has 2 aromatic carbocycles. The quantitative estimate of drug-likeness (QED) is 0.538. The summed E-state index contributed by atoms with van der Waals surface area (Å²) < 4.78 is 64.5. The van der Waals surface area contributed by atoms with Crippen molar-refractivity contribution in [3.8, 4) is 0 Å². The van der Waals surface area contributed by atoms with Gasteiger partial charge in [-0.1, -0.05) is 24.3 Å². The van der Waals surface area contributed by atoms with E-state index in [0.717, 1.165) is 11.1 Å². The monoisotopic (exact) mass is 398 g/mol. The van der Waals surface area contributed by atoms with Gasteiger partial charge in [0.05, 0.1) is 11.4 Å². The lowest BCUT2D eigenvalue weighted by Crippen LogP contribution is -1.91. The van der Waals surface area contributed by atoms with Gasteiger partial charge in [0.1, 0.15) is 0 Å². The first kappa shape index (κ1) is 19.8. The van der Waals surface area contributed by atoms with Crippen molar-refractivity contribution in [2.75, 3.05) is 0 Å². The molecule has 2 N–H and O–H groups in total. The Morgan fingerprint density at radius 2 is 0.923 bits per heavy atom. The summed E-state index contributed by atoms with van der Waals surface area (Å²) >= 11 is 0. The Morgan fingerprint density at radius 3 is 1.19 bits per heavy atom. The summed E-state index contributed by atoms with van der Waals surface area (Å²) in [5.74, 6) is 0. The van der Waals surface area contributed by atoms with Crippen molar-refractivity contribution in [3.05, 3.63) is 59.7 Å². The van der Waals surface area contributed by atoms with Crippen LogP contribution in [-0.4, -0.2) is 25.9 Å². The highest BCUT2D eigenvalue weighted by Crippen LogP contribution is 2.18. The number of hydrogen-bond donors (Lipinski definition) is 2. The molecule has 0 amide bonds. The zero-order valence-corrected chi connectivity index (χ0v) is 14.8. The van der Waals surface area contributed by atoms with Crippen LogP contribution < -0.4 is 0 Å². The lowest BCUT2D eigenvalue weighted by molar-refractivity contribution is 0.480. The fourth-order valence-corrected chi connectivity index (χ4v) is 2.34. The molecule has 0 aliphatic rings. The third kappa shape index (κ3) is 7.57. The van der Waals surface area contributed by atoms with Crippen LogP contribution in [0, 0.1) is 0 Å². The van der Waals surface area contributed by atoms with Gasteiger partial charge in [-0.2, -0.15) is 16.8 Å². The number of aryl methyl sites for hydroxylation is 2. The van der Waals surface area contributed by atoms with Crippen molar-refractivity contribution in [2.45, 2.75) is 12.8 Å². The molecule has 0 radical (unpaired) electrons. The molecule has 2 rings (SSSR count). The van der Waals surface area contributed by atoms with Crippen molar-refractivity contribution in [2.24, 2.45) is 19.3 Å². The Kier molecular flexibility index (Phi) is 6.26. The summed E-state index contributed by atoms with van der Waals surface area (Å²) in [5, 5.41) is 6.78. The van der Waals surface area contributed by atoms with Gasteiger partial charge in [0, 0.05) is 0 Å². The zero-order chi connectivity index (χ0) is 19.2. The maximum atomic E-state index is 10.5. The van der Waals surface area contributed by atoms with Crippen LogP contribution in [0.2, 0.25) is 0 Å². The SMILES string of the molecule is O=S(=O)(O)/N=N/c1ccc(CCc2ccc(/N=N/S(=O)(=O)O)cc2)cc1. The summed E-state index contributed by atoms with van der Waals surface area (Å²) in [5.41, 5.74) is 2.54. The fraction of sp³-hybridized carbons (Fsp3) is 0.143. The molecule has 0 heterocycles. The second-order valence-corrected chi connectivity index (χ2v) is 7.21. The minimum absolute atomic E-state index is 0.292. The van der Waals surface area contributed by atoms with E-state index < -0.39 is 20.6 Å². The lowest BCUT2D eigenvalue weighted by Gasteiger charge is -2.03. The van der Waals surface area contributed by atoms with E-state index in [1.807, 2.05) is 0 Å². The van der Waals surface area contributed by atoms with E-state index in [1.165, 1.54) is 0 Å². The highest BCUT2D eigenvalue weighted by atomic mass is 32.2. The third-order valence-corrected chi connectivity index (χ3v) is 3.67. The van der Waals surface area contributed by atoms with Crippen molar-refractivity contribution in [1.29, 1.82) is 0 Å². The minimum atomic E-state index is -4.50. The molecular weight excluding hydrogens is 384 g/mol. The van der Waals surface area contributed by atoms with Crippen LogP contribution in [0.3, 0.4) is 0 Å². The van der Waals surface area contributed by atoms with E-state index in [9.17, 15) is 16.8 Å². The fourth-order valence-electron chi connectivity index (χ4n) is 1.94. The van der Waals surface area contributed by atoms with E-state index >= 15 is 0 Å². The molecule has 0 bridgehead atoms. The molecule has 0 atom stereocenters. The Bertz CT molecular complexity index is 929. The average Bonchev–Trinajstić information content (AvgIpc) is 2.57. The van der Waals surface area contributed by atoms with Gasteiger partial charge < -0.3 is 0 Å². The number of rotatable bonds is 7. The van der Waals surface area contributed by atoms with Gasteiger partial charge in [-0.25, -0.2) is 0 Å². The third-order valence-electron chi connectivity index (χ3n) is 3.09. The second-order valence-electron chi connectivity index (χ2n) is 5.09. The second kappa shape index (κ2) is 8.23. The average molecular weight is 398 g/mol. The van der Waals surface area contributed by atoms with Crippen molar-refractivity contribution in [3.63, 3.8) is 0 Å². The van der Waals surface area contributed by atoms with Crippen LogP contribution in [0.5, 0.6) is 0 Å². The largest absolute Gasteiger partial charge is 0.396 e. The molecular formula is C14H14N4O6S2. The molecule has 0 aliphatic carbocycles. The first-order valence-electron chi connectivity index (χ1n) is 7.09. The highest BCUT2D eigenvalue weighted by Gasteiger charge is 2.01. The molecule has 138 valence electrons. The van der Waals surface area contributed by atoms with Gasteiger partial charge in [0.15, 0.2) is 0 Å². The molecule has 0 aliphatic heterocycles. The molecule has 2 aromatic rings. The topological polar surface area (TPSA) is 158 Å². The lowest BCUT2D eigenvalue weighted by atomic mass is 10.0. The van der Waals surface area contributed by atoms with E-state index in [2.05, 4.69) is 19.3 Å². The van der Waals surface area contributed by atoms with Crippen LogP contribution >= 0.6 is 0 Å². The van der Waals surface area contributed by atoms with E-state index in [1.54, 1.807) is 48.5 Å². The number of hydrogen-bond acceptors (Lipinski definition) is 6. The maximum Gasteiger partial charge on any atom is 0.396 e. The summed E-state index contributed by atoms with van der Waals surface area (Å²) in [6, 6.07) is 13.3. The summed E-state index contributed by atoms with van der Waals surface area (Å²) in [6.07, 6.45) is 1.39. The molecule has 0 saturated heterocycles. The molecule has 0 unspecified atom stereocenters. The predicted octanol–water partition coefficient (Wildman–Crippen LogP) is 3.24. The summed E-state index contributed by atoms with van der Waals surface area (Å²) in [7, 11) is -9.00. The van der Waals surface area contributed by atoms with Gasteiger partial charge in [0.25, 0.3) is 0 Å². The molecule has 0 fully saturated rings. The summed E-state index contributed by atoms with van der Waals surface area (Å²) in [4.78, 5) is 0. The Hall–Kier alpha value is -2.54. The highest BCUT2D eigenvalue weighted by molar-refractivity contribution is 7.84. The zero-order valence-electron chi connectivity index (χ0n) is 13.2. The van der Waals surface area contributed by atoms with E-state index in [4.69, 9.17) is 9.11 Å². The first-order chi connectivity index (χ1) is 12.1. The molecule has 10 nitrogen and oxygen atoms in total. The van der Waals surface area contributed by atoms with Crippen LogP contribution in [0.4, 0.5) is 11.4 Å². The van der Waals surface area contributed by atoms with Gasteiger partial charge >= 0.3 is 20.6 Å². The normalized spacial score (nSPS) is 12.8. The number of nitrogens with zero attached hydrogens (tertiary/aromatic N) is 4. The molecule has 0 aromatic heterocycles. The standard InChI is InChI=1S/C14H14N4O6S2/c19-25(20,21)17-15-13-7-3-11(4-8-13)1-2-12-5-9-14(10-6-12)16-18-26(22,23)24/h3-10H,1-2H2,(H,19,20,21)(H,22,23,24)/b17-15+,18-16+.